The summed E-state index contributed by atoms with van der Waals surface area (Å²) in [7, 11) is 0. The van der Waals surface area contributed by atoms with Crippen molar-refractivity contribution in [3.63, 3.8) is 0 Å². The number of rotatable bonds is 10. The number of amides is 1. The molecule has 5 aromatic rings. The number of hydrogen-bond donors (Lipinski definition) is 1. The topological polar surface area (TPSA) is 70.8 Å². The second kappa shape index (κ2) is 12.4. The van der Waals surface area contributed by atoms with E-state index in [0.29, 0.717) is 19.4 Å². The SMILES string of the molecule is O=C(O)CCN(Cc1ccccc1)C(=O)C1(c2c(Cc3ccccc3)oc3ccccc23)C=CC(c2ccccc2)=CC1. The molecule has 6 rings (SSSR count). The van der Waals surface area contributed by atoms with Gasteiger partial charge in [0.25, 0.3) is 0 Å². The highest BCUT2D eigenvalue weighted by Crippen LogP contribution is 2.45. The van der Waals surface area contributed by atoms with Crippen LogP contribution in [0.3, 0.4) is 0 Å². The minimum atomic E-state index is -1.09. The molecule has 1 heterocycles. The van der Waals surface area contributed by atoms with Gasteiger partial charge in [-0.3, -0.25) is 9.59 Å². The molecule has 0 spiro atoms. The van der Waals surface area contributed by atoms with E-state index in [1.807, 2.05) is 103 Å². The summed E-state index contributed by atoms with van der Waals surface area (Å²) in [5.41, 5.74) is 4.61. The smallest absolute Gasteiger partial charge is 0.305 e. The van der Waals surface area contributed by atoms with Crippen LogP contribution >= 0.6 is 0 Å². The van der Waals surface area contributed by atoms with Crippen molar-refractivity contribution in [2.45, 2.75) is 31.2 Å². The molecule has 214 valence electrons. The Hall–Kier alpha value is -5.16. The van der Waals surface area contributed by atoms with E-state index >= 15 is 4.79 Å². The van der Waals surface area contributed by atoms with Gasteiger partial charge in [-0.2, -0.15) is 0 Å². The summed E-state index contributed by atoms with van der Waals surface area (Å²) in [6.45, 7) is 0.402. The molecule has 1 aliphatic rings. The van der Waals surface area contributed by atoms with E-state index in [0.717, 1.165) is 44.6 Å². The quantitative estimate of drug-likeness (QED) is 0.187. The number of carboxylic acid groups (broad SMARTS) is 1. The number of allylic oxidation sites excluding steroid dienone is 3. The normalized spacial score (nSPS) is 16.1. The molecule has 0 bridgehead atoms. The van der Waals surface area contributed by atoms with Gasteiger partial charge in [0.05, 0.1) is 11.8 Å². The molecule has 1 aromatic heterocycles. The minimum Gasteiger partial charge on any atom is -0.481 e. The zero-order valence-corrected chi connectivity index (χ0v) is 23.9. The summed E-state index contributed by atoms with van der Waals surface area (Å²) in [5, 5.41) is 10.5. The van der Waals surface area contributed by atoms with E-state index in [2.05, 4.69) is 30.3 Å². The maximum atomic E-state index is 15.0. The number of fused-ring (bicyclic) bond motifs is 1. The van der Waals surface area contributed by atoms with Gasteiger partial charge in [0.1, 0.15) is 11.3 Å². The Morgan fingerprint density at radius 3 is 2.07 bits per heavy atom. The van der Waals surface area contributed by atoms with Crippen LogP contribution in [0.25, 0.3) is 16.5 Å². The number of nitrogens with zero attached hydrogens (tertiary/aromatic N) is 1. The fourth-order valence-electron chi connectivity index (χ4n) is 5.99. The van der Waals surface area contributed by atoms with Gasteiger partial charge in [0.2, 0.25) is 5.91 Å². The standard InChI is InChI=1S/C38H33NO4/c40-35(41)22-25-39(27-29-14-6-2-7-15-29)37(42)38(23-20-31(21-24-38)30-16-8-3-9-17-30)36-32-18-10-11-19-33(32)43-34(36)26-28-12-4-1-5-13-28/h1-21,23H,22,24-27H2,(H,40,41). The molecule has 0 saturated heterocycles. The fourth-order valence-corrected chi connectivity index (χ4v) is 5.99. The molecule has 5 heteroatoms. The molecule has 43 heavy (non-hydrogen) atoms. The first-order valence-electron chi connectivity index (χ1n) is 14.6. The van der Waals surface area contributed by atoms with Gasteiger partial charge >= 0.3 is 5.97 Å². The summed E-state index contributed by atoms with van der Waals surface area (Å²) in [6, 6.07) is 37.8. The van der Waals surface area contributed by atoms with Crippen LogP contribution in [0, 0.1) is 0 Å². The van der Waals surface area contributed by atoms with Crippen LogP contribution < -0.4 is 0 Å². The predicted molar refractivity (Wildman–Crippen MR) is 169 cm³/mol. The van der Waals surface area contributed by atoms with E-state index in [1.165, 1.54) is 0 Å². The minimum absolute atomic E-state index is 0.0950. The van der Waals surface area contributed by atoms with Gasteiger partial charge < -0.3 is 14.4 Å². The summed E-state index contributed by atoms with van der Waals surface area (Å²) in [5.74, 6) is -0.346. The molecule has 0 aliphatic heterocycles. The van der Waals surface area contributed by atoms with Gasteiger partial charge in [-0.05, 0) is 34.8 Å². The van der Waals surface area contributed by atoms with E-state index in [4.69, 9.17) is 4.42 Å². The Balaban J connectivity index is 1.51. The maximum Gasteiger partial charge on any atom is 0.305 e. The summed E-state index contributed by atoms with van der Waals surface area (Å²) >= 11 is 0. The third-order valence-electron chi connectivity index (χ3n) is 8.10. The Labute approximate surface area is 251 Å². The second-order valence-electron chi connectivity index (χ2n) is 10.9. The average molecular weight is 568 g/mol. The molecule has 1 atom stereocenters. The largest absolute Gasteiger partial charge is 0.481 e. The third-order valence-corrected chi connectivity index (χ3v) is 8.10. The first-order valence-corrected chi connectivity index (χ1v) is 14.6. The van der Waals surface area contributed by atoms with E-state index in [1.54, 1.807) is 4.90 Å². The van der Waals surface area contributed by atoms with Crippen LogP contribution in [0.15, 0.2) is 138 Å². The van der Waals surface area contributed by atoms with Crippen LogP contribution in [0.2, 0.25) is 0 Å². The number of benzene rings is 4. The average Bonchev–Trinajstić information content (AvgIpc) is 3.42. The summed E-state index contributed by atoms with van der Waals surface area (Å²) < 4.78 is 6.52. The van der Waals surface area contributed by atoms with Crippen LogP contribution in [-0.4, -0.2) is 28.4 Å². The Bertz CT molecular complexity index is 1790. The van der Waals surface area contributed by atoms with Crippen LogP contribution in [-0.2, 0) is 28.0 Å². The summed E-state index contributed by atoms with van der Waals surface area (Å²) in [6.07, 6.45) is 6.96. The number of aliphatic carboxylic acids is 1. The zero-order valence-electron chi connectivity index (χ0n) is 23.9. The fraction of sp³-hybridized carbons (Fsp3) is 0.158. The van der Waals surface area contributed by atoms with Crippen molar-refractivity contribution in [2.24, 2.45) is 0 Å². The molecule has 1 aliphatic carbocycles. The van der Waals surface area contributed by atoms with Crippen molar-refractivity contribution < 1.29 is 19.1 Å². The van der Waals surface area contributed by atoms with Crippen LogP contribution in [0.4, 0.5) is 0 Å². The molecule has 0 saturated carbocycles. The number of carbonyl (C=O) groups is 2. The van der Waals surface area contributed by atoms with Crippen molar-refractivity contribution in [3.05, 3.63) is 162 Å². The van der Waals surface area contributed by atoms with E-state index in [-0.39, 0.29) is 18.9 Å². The van der Waals surface area contributed by atoms with Crippen molar-refractivity contribution in [1.29, 1.82) is 0 Å². The number of para-hydroxylation sites is 1. The molecule has 1 unspecified atom stereocenters. The van der Waals surface area contributed by atoms with Crippen molar-refractivity contribution in [1.82, 2.24) is 4.90 Å². The van der Waals surface area contributed by atoms with Gasteiger partial charge in [-0.15, -0.1) is 0 Å². The van der Waals surface area contributed by atoms with Crippen molar-refractivity contribution >= 4 is 28.4 Å². The molecule has 5 nitrogen and oxygen atoms in total. The van der Waals surface area contributed by atoms with E-state index in [9.17, 15) is 9.90 Å². The summed E-state index contributed by atoms with van der Waals surface area (Å²) in [4.78, 5) is 28.5. The maximum absolute atomic E-state index is 15.0. The van der Waals surface area contributed by atoms with Crippen molar-refractivity contribution in [3.8, 4) is 0 Å². The van der Waals surface area contributed by atoms with Gasteiger partial charge in [-0.1, -0.05) is 127 Å². The Morgan fingerprint density at radius 2 is 1.42 bits per heavy atom. The zero-order chi connectivity index (χ0) is 29.6. The lowest BCUT2D eigenvalue weighted by molar-refractivity contribution is -0.140. The van der Waals surface area contributed by atoms with Gasteiger partial charge in [-0.25, -0.2) is 0 Å². The molecule has 4 aromatic carbocycles. The van der Waals surface area contributed by atoms with Gasteiger partial charge in [0, 0.05) is 30.5 Å². The molecular weight excluding hydrogens is 534 g/mol. The molecule has 0 fully saturated rings. The first kappa shape index (κ1) is 28.0. The monoisotopic (exact) mass is 567 g/mol. The highest BCUT2D eigenvalue weighted by molar-refractivity contribution is 5.99. The molecule has 1 amide bonds. The van der Waals surface area contributed by atoms with Crippen LogP contribution in [0.5, 0.6) is 0 Å². The highest BCUT2D eigenvalue weighted by atomic mass is 16.4. The predicted octanol–water partition coefficient (Wildman–Crippen LogP) is 7.81. The lowest BCUT2D eigenvalue weighted by Gasteiger charge is -2.37. The second-order valence-corrected chi connectivity index (χ2v) is 10.9. The van der Waals surface area contributed by atoms with Crippen molar-refractivity contribution in [2.75, 3.05) is 6.54 Å². The molecular formula is C38H33NO4. The Morgan fingerprint density at radius 1 is 0.791 bits per heavy atom. The number of carboxylic acids is 1. The lowest BCUT2D eigenvalue weighted by Crippen LogP contribution is -2.47. The lowest BCUT2D eigenvalue weighted by atomic mass is 9.71. The number of carbonyl (C=O) groups excluding carboxylic acids is 1. The molecule has 0 radical (unpaired) electrons. The van der Waals surface area contributed by atoms with Gasteiger partial charge in [0.15, 0.2) is 0 Å². The van der Waals surface area contributed by atoms with Crippen LogP contribution in [0.1, 0.15) is 40.9 Å². The first-order chi connectivity index (χ1) is 21.0. The number of hydrogen-bond acceptors (Lipinski definition) is 3. The highest BCUT2D eigenvalue weighted by Gasteiger charge is 2.45. The Kier molecular flexibility index (Phi) is 8.05. The number of furan rings is 1. The molecule has 1 N–H and O–H groups in total. The third kappa shape index (κ3) is 5.93. The van der Waals surface area contributed by atoms with E-state index < -0.39 is 11.4 Å².